The number of carboxylic acid groups (broad SMARTS) is 1. The first kappa shape index (κ1) is 16.9. The highest BCUT2D eigenvalue weighted by Gasteiger charge is 2.21. The molecule has 1 unspecified atom stereocenters. The summed E-state index contributed by atoms with van der Waals surface area (Å²) in [6, 6.07) is 6.41. The number of ether oxygens (including phenoxy) is 2. The first-order valence-corrected chi connectivity index (χ1v) is 7.82. The molecule has 0 fully saturated rings. The van der Waals surface area contributed by atoms with Crippen molar-refractivity contribution in [3.05, 3.63) is 47.8 Å². The molecule has 0 saturated heterocycles. The van der Waals surface area contributed by atoms with E-state index in [1.165, 1.54) is 13.3 Å². The molecule has 1 aliphatic heterocycles. The van der Waals surface area contributed by atoms with E-state index in [4.69, 9.17) is 14.6 Å². The molecule has 1 aliphatic rings. The number of aromatic nitrogens is 1. The lowest BCUT2D eigenvalue weighted by molar-refractivity contribution is -0.140. The van der Waals surface area contributed by atoms with Crippen LogP contribution in [0.25, 0.3) is 11.1 Å². The summed E-state index contributed by atoms with van der Waals surface area (Å²) in [6.45, 7) is 0.564. The number of carbonyl (C=O) groups excluding carboxylic acids is 1. The largest absolute Gasteiger partial charge is 0.493 e. The summed E-state index contributed by atoms with van der Waals surface area (Å²) in [5, 5.41) is 11.5. The molecule has 2 N–H and O–H groups in total. The van der Waals surface area contributed by atoms with Crippen molar-refractivity contribution in [1.82, 2.24) is 10.3 Å². The van der Waals surface area contributed by atoms with Crippen molar-refractivity contribution >= 4 is 11.9 Å². The molecular weight excluding hydrogens is 324 g/mol. The number of nitrogens with zero attached hydrogens (tertiary/aromatic N) is 1. The standard InChI is InChI=1S/C18H18N2O5/c1-24-10-15(18(22)23)20-17(21)14-7-13(8-19-9-14)11-2-3-16-12(6-11)4-5-25-16/h2-3,6-9,15H,4-5,10H2,1H3,(H,20,21)(H,22,23). The summed E-state index contributed by atoms with van der Waals surface area (Å²) in [5.74, 6) is -0.782. The van der Waals surface area contributed by atoms with Crippen LogP contribution in [0, 0.1) is 0 Å². The van der Waals surface area contributed by atoms with Gasteiger partial charge in [-0.2, -0.15) is 0 Å². The number of benzene rings is 1. The van der Waals surface area contributed by atoms with Gasteiger partial charge in [-0.1, -0.05) is 6.07 Å². The lowest BCUT2D eigenvalue weighted by Gasteiger charge is -2.13. The van der Waals surface area contributed by atoms with E-state index in [-0.39, 0.29) is 12.2 Å². The molecule has 1 amide bonds. The topological polar surface area (TPSA) is 97.8 Å². The van der Waals surface area contributed by atoms with Gasteiger partial charge in [0.15, 0.2) is 6.04 Å². The Kier molecular flexibility index (Phi) is 4.95. The van der Waals surface area contributed by atoms with Crippen LogP contribution in [0.3, 0.4) is 0 Å². The van der Waals surface area contributed by atoms with Gasteiger partial charge in [0, 0.05) is 31.5 Å². The summed E-state index contributed by atoms with van der Waals surface area (Å²) in [5.41, 5.74) is 3.12. The highest BCUT2D eigenvalue weighted by atomic mass is 16.5. The maximum Gasteiger partial charge on any atom is 0.328 e. The number of hydrogen-bond acceptors (Lipinski definition) is 5. The predicted molar refractivity (Wildman–Crippen MR) is 89.6 cm³/mol. The zero-order valence-corrected chi connectivity index (χ0v) is 13.7. The number of carbonyl (C=O) groups is 2. The lowest BCUT2D eigenvalue weighted by Crippen LogP contribution is -2.43. The van der Waals surface area contributed by atoms with Crippen LogP contribution in [-0.2, 0) is 16.0 Å². The second-order valence-electron chi connectivity index (χ2n) is 5.70. The Morgan fingerprint density at radius 2 is 2.16 bits per heavy atom. The van der Waals surface area contributed by atoms with Gasteiger partial charge in [-0.15, -0.1) is 0 Å². The number of aliphatic carboxylic acids is 1. The Balaban J connectivity index is 1.81. The fraction of sp³-hybridized carbons (Fsp3) is 0.278. The highest BCUT2D eigenvalue weighted by Crippen LogP contribution is 2.30. The van der Waals surface area contributed by atoms with Crippen molar-refractivity contribution in [1.29, 1.82) is 0 Å². The van der Waals surface area contributed by atoms with Crippen molar-refractivity contribution < 1.29 is 24.2 Å². The number of amides is 1. The van der Waals surface area contributed by atoms with Crippen LogP contribution < -0.4 is 10.1 Å². The Morgan fingerprint density at radius 3 is 2.92 bits per heavy atom. The Morgan fingerprint density at radius 1 is 1.32 bits per heavy atom. The van der Waals surface area contributed by atoms with Crippen molar-refractivity contribution in [2.45, 2.75) is 12.5 Å². The molecule has 0 saturated carbocycles. The summed E-state index contributed by atoms with van der Waals surface area (Å²) >= 11 is 0. The average Bonchev–Trinajstić information content (AvgIpc) is 3.09. The van der Waals surface area contributed by atoms with Gasteiger partial charge in [-0.3, -0.25) is 9.78 Å². The molecule has 0 spiro atoms. The van der Waals surface area contributed by atoms with Gasteiger partial charge in [0.05, 0.1) is 18.8 Å². The molecule has 7 heteroatoms. The molecule has 1 aromatic heterocycles. The van der Waals surface area contributed by atoms with Crippen molar-refractivity contribution in [3.8, 4) is 16.9 Å². The van der Waals surface area contributed by atoms with E-state index in [2.05, 4.69) is 10.3 Å². The summed E-state index contributed by atoms with van der Waals surface area (Å²) in [6.07, 6.45) is 3.92. The van der Waals surface area contributed by atoms with E-state index in [9.17, 15) is 9.59 Å². The van der Waals surface area contributed by atoms with Crippen LogP contribution in [-0.4, -0.2) is 48.3 Å². The van der Waals surface area contributed by atoms with Crippen LogP contribution in [0.2, 0.25) is 0 Å². The fourth-order valence-electron chi connectivity index (χ4n) is 2.67. The predicted octanol–water partition coefficient (Wildman–Crippen LogP) is 1.51. The van der Waals surface area contributed by atoms with E-state index >= 15 is 0 Å². The average molecular weight is 342 g/mol. The Hall–Kier alpha value is -2.93. The molecule has 7 nitrogen and oxygen atoms in total. The van der Waals surface area contributed by atoms with E-state index < -0.39 is 17.9 Å². The van der Waals surface area contributed by atoms with E-state index in [0.717, 1.165) is 28.9 Å². The van der Waals surface area contributed by atoms with E-state index in [1.807, 2.05) is 18.2 Å². The zero-order valence-electron chi connectivity index (χ0n) is 13.7. The van der Waals surface area contributed by atoms with Gasteiger partial charge in [0.2, 0.25) is 0 Å². The number of nitrogens with one attached hydrogen (secondary N) is 1. The molecule has 130 valence electrons. The SMILES string of the molecule is COCC(NC(=O)c1cncc(-c2ccc3c(c2)CCO3)c1)C(=O)O. The third-order valence-corrected chi connectivity index (χ3v) is 3.96. The normalized spacial score (nSPS) is 13.6. The first-order chi connectivity index (χ1) is 12.1. The second-order valence-corrected chi connectivity index (χ2v) is 5.70. The van der Waals surface area contributed by atoms with Gasteiger partial charge in [-0.05, 0) is 29.3 Å². The molecule has 0 aliphatic carbocycles. The number of carboxylic acids is 1. The van der Waals surface area contributed by atoms with E-state index in [1.54, 1.807) is 12.3 Å². The molecule has 3 rings (SSSR count). The minimum absolute atomic E-state index is 0.112. The third-order valence-electron chi connectivity index (χ3n) is 3.96. The maximum atomic E-state index is 12.3. The number of fused-ring (bicyclic) bond motifs is 1. The molecular formula is C18H18N2O5. The molecule has 1 aromatic carbocycles. The molecule has 2 aromatic rings. The molecule has 1 atom stereocenters. The zero-order chi connectivity index (χ0) is 17.8. The number of rotatable bonds is 6. The van der Waals surface area contributed by atoms with Crippen molar-refractivity contribution in [2.75, 3.05) is 20.3 Å². The number of methoxy groups -OCH3 is 1. The van der Waals surface area contributed by atoms with Gasteiger partial charge in [0.1, 0.15) is 5.75 Å². The van der Waals surface area contributed by atoms with Crippen molar-refractivity contribution in [3.63, 3.8) is 0 Å². The van der Waals surface area contributed by atoms with E-state index in [0.29, 0.717) is 6.61 Å². The quantitative estimate of drug-likeness (QED) is 0.826. The third kappa shape index (κ3) is 3.77. The minimum Gasteiger partial charge on any atom is -0.493 e. The molecule has 25 heavy (non-hydrogen) atoms. The monoisotopic (exact) mass is 342 g/mol. The molecule has 0 bridgehead atoms. The molecule has 2 heterocycles. The van der Waals surface area contributed by atoms with Gasteiger partial charge < -0.3 is 19.9 Å². The number of pyridine rings is 1. The summed E-state index contributed by atoms with van der Waals surface area (Å²) in [4.78, 5) is 27.5. The summed E-state index contributed by atoms with van der Waals surface area (Å²) < 4.78 is 10.3. The molecule has 0 radical (unpaired) electrons. The maximum absolute atomic E-state index is 12.3. The fourth-order valence-corrected chi connectivity index (χ4v) is 2.67. The second kappa shape index (κ2) is 7.31. The van der Waals surface area contributed by atoms with Gasteiger partial charge in [-0.25, -0.2) is 4.79 Å². The smallest absolute Gasteiger partial charge is 0.328 e. The van der Waals surface area contributed by atoms with Gasteiger partial charge >= 0.3 is 5.97 Å². The Bertz CT molecular complexity index is 806. The minimum atomic E-state index is -1.15. The van der Waals surface area contributed by atoms with Crippen molar-refractivity contribution in [2.24, 2.45) is 0 Å². The van der Waals surface area contributed by atoms with Crippen LogP contribution in [0.5, 0.6) is 5.75 Å². The Labute approximate surface area is 144 Å². The van der Waals surface area contributed by atoms with Crippen LogP contribution in [0.1, 0.15) is 15.9 Å². The first-order valence-electron chi connectivity index (χ1n) is 7.82. The highest BCUT2D eigenvalue weighted by molar-refractivity contribution is 5.97. The van der Waals surface area contributed by atoms with Crippen LogP contribution in [0.4, 0.5) is 0 Å². The van der Waals surface area contributed by atoms with Gasteiger partial charge in [0.25, 0.3) is 5.91 Å². The number of hydrogen-bond donors (Lipinski definition) is 2. The summed E-state index contributed by atoms with van der Waals surface area (Å²) in [7, 11) is 1.38. The van der Waals surface area contributed by atoms with Crippen LogP contribution >= 0.6 is 0 Å². The van der Waals surface area contributed by atoms with Crippen LogP contribution in [0.15, 0.2) is 36.7 Å². The lowest BCUT2D eigenvalue weighted by atomic mass is 10.0.